The summed E-state index contributed by atoms with van der Waals surface area (Å²) in [6.07, 6.45) is -2.29. The number of hydrogen-bond acceptors (Lipinski definition) is 4. The molecule has 3 rings (SSSR count). The summed E-state index contributed by atoms with van der Waals surface area (Å²) in [5.74, 6) is 0. The van der Waals surface area contributed by atoms with Gasteiger partial charge in [0.2, 0.25) is 0 Å². The minimum atomic E-state index is -1.76. The molecule has 140 valence electrons. The molecule has 5 heteroatoms. The van der Waals surface area contributed by atoms with E-state index in [9.17, 15) is 0 Å². The highest BCUT2D eigenvalue weighted by atomic mass is 19.1. The molecule has 0 spiro atoms. The van der Waals surface area contributed by atoms with Gasteiger partial charge in [0.25, 0.3) is 0 Å². The van der Waals surface area contributed by atoms with Gasteiger partial charge in [-0.3, -0.25) is 0 Å². The Hall–Kier alpha value is -1.79. The number of hydrogen-bond donors (Lipinski definition) is 0. The minimum Gasteiger partial charge on any atom is -0.374 e. The molecule has 0 N–H and O–H groups in total. The molecule has 1 heterocycles. The Labute approximate surface area is 153 Å². The Kier molecular flexibility index (Phi) is 6.38. The Morgan fingerprint density at radius 3 is 2.12 bits per heavy atom. The molecule has 0 radical (unpaired) electrons. The third-order valence-electron chi connectivity index (χ3n) is 4.53. The van der Waals surface area contributed by atoms with Crippen molar-refractivity contribution in [2.75, 3.05) is 13.7 Å². The number of halogens is 1. The Morgan fingerprint density at radius 1 is 0.962 bits per heavy atom. The fourth-order valence-corrected chi connectivity index (χ4v) is 3.17. The molecule has 0 saturated carbocycles. The molecule has 0 aromatic heterocycles. The van der Waals surface area contributed by atoms with Gasteiger partial charge >= 0.3 is 0 Å². The summed E-state index contributed by atoms with van der Waals surface area (Å²) in [5, 5.41) is 0. The van der Waals surface area contributed by atoms with Crippen molar-refractivity contribution in [2.24, 2.45) is 0 Å². The van der Waals surface area contributed by atoms with Gasteiger partial charge in [0.15, 0.2) is 12.0 Å². The maximum absolute atomic E-state index is 15.2. The summed E-state index contributed by atoms with van der Waals surface area (Å²) in [7, 11) is 1.43. The van der Waals surface area contributed by atoms with Gasteiger partial charge in [-0.25, -0.2) is 4.39 Å². The number of benzene rings is 2. The molecule has 4 nitrogen and oxygen atoms in total. The molecule has 1 aliphatic heterocycles. The van der Waals surface area contributed by atoms with Crippen molar-refractivity contribution in [3.8, 4) is 0 Å². The molecule has 0 bridgehead atoms. The van der Waals surface area contributed by atoms with Crippen LogP contribution in [-0.2, 0) is 32.2 Å². The van der Waals surface area contributed by atoms with Gasteiger partial charge in [0.1, 0.15) is 12.2 Å². The molecular formula is C21H25FO4. The Morgan fingerprint density at radius 2 is 1.54 bits per heavy atom. The standard InChI is InChI=1S/C21H25FO4/c1-21(22)19(25-14-17-11-7-4-8-12-17)18(26-20(21)23-2)15-24-13-16-9-5-3-6-10-16/h3-12,18-20H,13-15H2,1-2H3/t18-,19+,20-,21?/m1/s1. The topological polar surface area (TPSA) is 36.9 Å². The summed E-state index contributed by atoms with van der Waals surface area (Å²) in [6, 6.07) is 19.5. The van der Waals surface area contributed by atoms with Gasteiger partial charge in [0.05, 0.1) is 19.8 Å². The summed E-state index contributed by atoms with van der Waals surface area (Å²) < 4.78 is 37.7. The number of ether oxygens (including phenoxy) is 4. The second-order valence-electron chi connectivity index (χ2n) is 6.61. The zero-order valence-corrected chi connectivity index (χ0v) is 15.1. The van der Waals surface area contributed by atoms with Crippen molar-refractivity contribution >= 4 is 0 Å². The summed E-state index contributed by atoms with van der Waals surface area (Å²) in [4.78, 5) is 0. The maximum atomic E-state index is 15.2. The van der Waals surface area contributed by atoms with Crippen LogP contribution in [0.15, 0.2) is 60.7 Å². The van der Waals surface area contributed by atoms with Crippen molar-refractivity contribution in [1.29, 1.82) is 0 Å². The van der Waals surface area contributed by atoms with Gasteiger partial charge in [0, 0.05) is 7.11 Å². The Balaban J connectivity index is 1.61. The molecule has 0 aliphatic carbocycles. The summed E-state index contributed by atoms with van der Waals surface area (Å²) in [6.45, 7) is 2.43. The van der Waals surface area contributed by atoms with E-state index < -0.39 is 24.2 Å². The monoisotopic (exact) mass is 360 g/mol. The van der Waals surface area contributed by atoms with Gasteiger partial charge in [-0.15, -0.1) is 0 Å². The smallest absolute Gasteiger partial charge is 0.194 e. The van der Waals surface area contributed by atoms with E-state index in [-0.39, 0.29) is 6.61 Å². The first kappa shape index (κ1) is 19.0. The highest BCUT2D eigenvalue weighted by molar-refractivity contribution is 5.14. The fraction of sp³-hybridized carbons (Fsp3) is 0.429. The molecule has 1 fully saturated rings. The molecule has 2 aromatic carbocycles. The maximum Gasteiger partial charge on any atom is 0.194 e. The molecule has 0 amide bonds. The van der Waals surface area contributed by atoms with Gasteiger partial charge < -0.3 is 18.9 Å². The molecule has 1 aliphatic rings. The number of rotatable bonds is 8. The lowest BCUT2D eigenvalue weighted by molar-refractivity contribution is -0.166. The van der Waals surface area contributed by atoms with Gasteiger partial charge in [-0.2, -0.15) is 0 Å². The van der Waals surface area contributed by atoms with Crippen molar-refractivity contribution in [3.63, 3.8) is 0 Å². The van der Waals surface area contributed by atoms with E-state index in [0.717, 1.165) is 11.1 Å². The van der Waals surface area contributed by atoms with E-state index in [1.54, 1.807) is 0 Å². The zero-order chi connectivity index (χ0) is 18.4. The highest BCUT2D eigenvalue weighted by Crippen LogP contribution is 2.37. The Bertz CT molecular complexity index is 662. The molecule has 1 unspecified atom stereocenters. The summed E-state index contributed by atoms with van der Waals surface area (Å²) in [5.41, 5.74) is 0.274. The third-order valence-corrected chi connectivity index (χ3v) is 4.53. The molecule has 4 atom stereocenters. The van der Waals surface area contributed by atoms with Crippen LogP contribution in [0.1, 0.15) is 18.1 Å². The number of alkyl halides is 1. The average molecular weight is 360 g/mol. The first-order valence-corrected chi connectivity index (χ1v) is 8.75. The summed E-state index contributed by atoms with van der Waals surface area (Å²) >= 11 is 0. The molecule has 1 saturated heterocycles. The van der Waals surface area contributed by atoms with Crippen LogP contribution in [0.5, 0.6) is 0 Å². The lowest BCUT2D eigenvalue weighted by Crippen LogP contribution is -2.44. The van der Waals surface area contributed by atoms with E-state index in [1.807, 2.05) is 60.7 Å². The molecular weight excluding hydrogens is 335 g/mol. The van der Waals surface area contributed by atoms with Crippen molar-refractivity contribution in [2.45, 2.75) is 44.3 Å². The van der Waals surface area contributed by atoms with Crippen molar-refractivity contribution in [1.82, 2.24) is 0 Å². The average Bonchev–Trinajstić information content (AvgIpc) is 2.91. The first-order valence-electron chi connectivity index (χ1n) is 8.75. The van der Waals surface area contributed by atoms with Crippen LogP contribution in [0.4, 0.5) is 4.39 Å². The van der Waals surface area contributed by atoms with Crippen LogP contribution >= 0.6 is 0 Å². The van der Waals surface area contributed by atoms with E-state index in [1.165, 1.54) is 14.0 Å². The van der Waals surface area contributed by atoms with Crippen LogP contribution < -0.4 is 0 Å². The van der Waals surface area contributed by atoms with E-state index in [0.29, 0.717) is 13.2 Å². The van der Waals surface area contributed by atoms with E-state index in [2.05, 4.69) is 0 Å². The van der Waals surface area contributed by atoms with Crippen molar-refractivity contribution in [3.05, 3.63) is 71.8 Å². The zero-order valence-electron chi connectivity index (χ0n) is 15.1. The normalized spacial score (nSPS) is 28.3. The van der Waals surface area contributed by atoms with Gasteiger partial charge in [-0.05, 0) is 18.1 Å². The third kappa shape index (κ3) is 4.48. The predicted molar refractivity (Wildman–Crippen MR) is 96.3 cm³/mol. The van der Waals surface area contributed by atoms with E-state index >= 15 is 4.39 Å². The highest BCUT2D eigenvalue weighted by Gasteiger charge is 2.56. The lowest BCUT2D eigenvalue weighted by atomic mass is 9.99. The second kappa shape index (κ2) is 8.73. The predicted octanol–water partition coefficient (Wildman–Crippen LogP) is 3.89. The minimum absolute atomic E-state index is 0.230. The van der Waals surface area contributed by atoms with Crippen molar-refractivity contribution < 1.29 is 23.3 Å². The van der Waals surface area contributed by atoms with Crippen LogP contribution in [0.2, 0.25) is 0 Å². The first-order chi connectivity index (χ1) is 12.6. The molecule has 2 aromatic rings. The second-order valence-corrected chi connectivity index (χ2v) is 6.61. The van der Waals surface area contributed by atoms with Crippen LogP contribution in [-0.4, -0.2) is 37.9 Å². The van der Waals surface area contributed by atoms with Crippen LogP contribution in [0.25, 0.3) is 0 Å². The molecule has 26 heavy (non-hydrogen) atoms. The quantitative estimate of drug-likeness (QED) is 0.716. The largest absolute Gasteiger partial charge is 0.374 e. The fourth-order valence-electron chi connectivity index (χ4n) is 3.17. The van der Waals surface area contributed by atoms with E-state index in [4.69, 9.17) is 18.9 Å². The SMILES string of the molecule is CO[C@@H]1O[C@H](COCc2ccccc2)[C@H](OCc2ccccc2)C1(C)F. The lowest BCUT2D eigenvalue weighted by Gasteiger charge is -2.26. The van der Waals surface area contributed by atoms with Crippen LogP contribution in [0.3, 0.4) is 0 Å². The van der Waals surface area contributed by atoms with Gasteiger partial charge in [-0.1, -0.05) is 60.7 Å². The number of methoxy groups -OCH3 is 1. The van der Waals surface area contributed by atoms with Crippen LogP contribution in [0, 0.1) is 0 Å².